The molecule has 4 nitrogen and oxygen atoms in total. The van der Waals surface area contributed by atoms with Crippen molar-refractivity contribution in [3.05, 3.63) is 45.9 Å². The average Bonchev–Trinajstić information content (AvgIpc) is 2.77. The number of sulfonamides is 1. The second-order valence-corrected chi connectivity index (χ2v) is 8.16. The molecule has 0 saturated heterocycles. The maximum atomic E-state index is 12.7. The van der Waals surface area contributed by atoms with Crippen LogP contribution < -0.4 is 0 Å². The average molecular weight is 310 g/mol. The Labute approximate surface area is 124 Å². The number of aromatic nitrogens is 1. The van der Waals surface area contributed by atoms with Gasteiger partial charge in [0.05, 0.1) is 16.6 Å². The summed E-state index contributed by atoms with van der Waals surface area (Å²) in [6.07, 6.45) is 1.67. The summed E-state index contributed by atoms with van der Waals surface area (Å²) < 4.78 is 26.8. The second-order valence-electron chi connectivity index (χ2n) is 4.73. The lowest BCUT2D eigenvalue weighted by Gasteiger charge is -2.23. The monoisotopic (exact) mass is 310 g/mol. The van der Waals surface area contributed by atoms with Gasteiger partial charge in [-0.05, 0) is 39.0 Å². The fourth-order valence-corrected chi connectivity index (χ4v) is 4.89. The lowest BCUT2D eigenvalue weighted by atomic mass is 10.2. The van der Waals surface area contributed by atoms with Crippen LogP contribution in [0.5, 0.6) is 0 Å². The molecule has 0 aliphatic heterocycles. The first-order chi connectivity index (χ1) is 9.34. The van der Waals surface area contributed by atoms with Crippen molar-refractivity contribution in [1.29, 1.82) is 0 Å². The molecule has 0 saturated carbocycles. The molecule has 0 aromatic carbocycles. The van der Waals surface area contributed by atoms with Crippen LogP contribution in [0.3, 0.4) is 0 Å². The van der Waals surface area contributed by atoms with E-state index in [0.29, 0.717) is 4.90 Å². The van der Waals surface area contributed by atoms with E-state index in [0.717, 1.165) is 15.4 Å². The van der Waals surface area contributed by atoms with Gasteiger partial charge < -0.3 is 0 Å². The van der Waals surface area contributed by atoms with Gasteiger partial charge in [0.15, 0.2) is 0 Å². The summed E-state index contributed by atoms with van der Waals surface area (Å²) in [5, 5.41) is 0. The Morgan fingerprint density at radius 3 is 2.50 bits per heavy atom. The van der Waals surface area contributed by atoms with Crippen molar-refractivity contribution in [3.8, 4) is 0 Å². The van der Waals surface area contributed by atoms with E-state index in [-0.39, 0.29) is 6.04 Å². The normalized spacial score (nSPS) is 13.7. The summed E-state index contributed by atoms with van der Waals surface area (Å²) in [5.41, 5.74) is 0.739. The van der Waals surface area contributed by atoms with Crippen molar-refractivity contribution in [2.75, 3.05) is 7.05 Å². The standard InChI is InChI=1S/C14H18N2O2S2/c1-10-9-14(12(3)19-10)20(17,18)16(4)11(2)13-7-5-6-8-15-13/h5-9,11H,1-4H3. The Bertz CT molecular complexity index is 693. The zero-order valence-corrected chi connectivity index (χ0v) is 13.6. The molecule has 1 unspecified atom stereocenters. The minimum atomic E-state index is -3.49. The van der Waals surface area contributed by atoms with Crippen molar-refractivity contribution in [1.82, 2.24) is 9.29 Å². The van der Waals surface area contributed by atoms with Crippen molar-refractivity contribution < 1.29 is 8.42 Å². The van der Waals surface area contributed by atoms with Gasteiger partial charge in [0.2, 0.25) is 10.0 Å². The number of nitrogens with zero attached hydrogens (tertiary/aromatic N) is 2. The first-order valence-electron chi connectivity index (χ1n) is 6.30. The highest BCUT2D eigenvalue weighted by molar-refractivity contribution is 7.89. The van der Waals surface area contributed by atoms with Crippen LogP contribution in [0.2, 0.25) is 0 Å². The molecule has 6 heteroatoms. The lowest BCUT2D eigenvalue weighted by Crippen LogP contribution is -2.30. The minimum absolute atomic E-state index is 0.305. The zero-order chi connectivity index (χ0) is 14.9. The number of pyridine rings is 1. The fourth-order valence-electron chi connectivity index (χ4n) is 2.04. The van der Waals surface area contributed by atoms with Gasteiger partial charge in [-0.3, -0.25) is 4.98 Å². The van der Waals surface area contributed by atoms with Gasteiger partial charge in [0, 0.05) is 23.0 Å². The minimum Gasteiger partial charge on any atom is -0.260 e. The summed E-state index contributed by atoms with van der Waals surface area (Å²) in [5.74, 6) is 0. The molecule has 108 valence electrons. The van der Waals surface area contributed by atoms with Crippen LogP contribution in [0.25, 0.3) is 0 Å². The smallest absolute Gasteiger partial charge is 0.244 e. The molecule has 0 amide bonds. The molecular weight excluding hydrogens is 292 g/mol. The number of hydrogen-bond acceptors (Lipinski definition) is 4. The molecule has 2 aromatic rings. The Balaban J connectivity index is 2.37. The zero-order valence-electron chi connectivity index (χ0n) is 12.0. The number of aryl methyl sites for hydroxylation is 2. The predicted octanol–water partition coefficient (Wildman–Crippen LogP) is 3.14. The van der Waals surface area contributed by atoms with Crippen LogP contribution in [0.4, 0.5) is 0 Å². The van der Waals surface area contributed by atoms with E-state index >= 15 is 0 Å². The summed E-state index contributed by atoms with van der Waals surface area (Å²) in [6.45, 7) is 5.59. The topological polar surface area (TPSA) is 50.3 Å². The molecule has 1 atom stereocenters. The quantitative estimate of drug-likeness (QED) is 0.871. The lowest BCUT2D eigenvalue weighted by molar-refractivity contribution is 0.392. The van der Waals surface area contributed by atoms with E-state index in [2.05, 4.69) is 4.98 Å². The molecule has 0 aliphatic carbocycles. The van der Waals surface area contributed by atoms with E-state index in [1.165, 1.54) is 15.6 Å². The Kier molecular flexibility index (Phi) is 4.27. The number of thiophene rings is 1. The molecule has 0 bridgehead atoms. The van der Waals surface area contributed by atoms with Crippen molar-refractivity contribution in [3.63, 3.8) is 0 Å². The van der Waals surface area contributed by atoms with E-state index in [9.17, 15) is 8.42 Å². The highest BCUT2D eigenvalue weighted by atomic mass is 32.2. The highest BCUT2D eigenvalue weighted by Crippen LogP contribution is 2.30. The predicted molar refractivity (Wildman–Crippen MR) is 81.4 cm³/mol. The largest absolute Gasteiger partial charge is 0.260 e. The van der Waals surface area contributed by atoms with E-state index in [1.54, 1.807) is 19.3 Å². The molecule has 2 heterocycles. The SMILES string of the molecule is Cc1cc(S(=O)(=O)N(C)C(C)c2ccccn2)c(C)s1. The van der Waals surface area contributed by atoms with Gasteiger partial charge >= 0.3 is 0 Å². The van der Waals surface area contributed by atoms with Gasteiger partial charge in [-0.25, -0.2) is 8.42 Å². The molecular formula is C14H18N2O2S2. The molecule has 0 fully saturated rings. The molecule has 0 radical (unpaired) electrons. The van der Waals surface area contributed by atoms with Gasteiger partial charge in [-0.2, -0.15) is 4.31 Å². The van der Waals surface area contributed by atoms with Crippen LogP contribution in [-0.4, -0.2) is 24.8 Å². The Morgan fingerprint density at radius 1 is 1.30 bits per heavy atom. The van der Waals surface area contributed by atoms with Crippen LogP contribution in [0.15, 0.2) is 35.4 Å². The first kappa shape index (κ1) is 15.2. The maximum absolute atomic E-state index is 12.7. The second kappa shape index (κ2) is 5.63. The summed E-state index contributed by atoms with van der Waals surface area (Å²) in [4.78, 5) is 6.45. The van der Waals surface area contributed by atoms with Crippen LogP contribution in [0.1, 0.15) is 28.4 Å². The maximum Gasteiger partial charge on any atom is 0.244 e. The van der Waals surface area contributed by atoms with Crippen molar-refractivity contribution >= 4 is 21.4 Å². The van der Waals surface area contributed by atoms with Crippen LogP contribution >= 0.6 is 11.3 Å². The molecule has 2 aromatic heterocycles. The third-order valence-corrected chi connectivity index (χ3v) is 6.46. The van der Waals surface area contributed by atoms with E-state index in [1.807, 2.05) is 39.0 Å². The first-order valence-corrected chi connectivity index (χ1v) is 8.55. The third kappa shape index (κ3) is 2.77. The third-order valence-electron chi connectivity index (χ3n) is 3.31. The fraction of sp³-hybridized carbons (Fsp3) is 0.357. The van der Waals surface area contributed by atoms with Crippen molar-refractivity contribution in [2.45, 2.75) is 31.7 Å². The summed E-state index contributed by atoms with van der Waals surface area (Å²) in [7, 11) is -1.89. The van der Waals surface area contributed by atoms with E-state index in [4.69, 9.17) is 0 Å². The number of rotatable bonds is 4. The van der Waals surface area contributed by atoms with Gasteiger partial charge in [0.25, 0.3) is 0 Å². The molecule has 2 rings (SSSR count). The molecule has 0 aliphatic rings. The van der Waals surface area contributed by atoms with Gasteiger partial charge in [-0.1, -0.05) is 6.07 Å². The Hall–Kier alpha value is -1.24. The Morgan fingerprint density at radius 2 is 2.00 bits per heavy atom. The highest BCUT2D eigenvalue weighted by Gasteiger charge is 2.29. The molecule has 0 spiro atoms. The van der Waals surface area contributed by atoms with Crippen molar-refractivity contribution in [2.24, 2.45) is 0 Å². The van der Waals surface area contributed by atoms with Gasteiger partial charge in [-0.15, -0.1) is 11.3 Å². The van der Waals surface area contributed by atoms with Crippen LogP contribution in [-0.2, 0) is 10.0 Å². The van der Waals surface area contributed by atoms with Gasteiger partial charge in [0.1, 0.15) is 0 Å². The van der Waals surface area contributed by atoms with E-state index < -0.39 is 10.0 Å². The summed E-state index contributed by atoms with van der Waals surface area (Å²) in [6, 6.07) is 6.94. The number of hydrogen-bond donors (Lipinski definition) is 0. The van der Waals surface area contributed by atoms with Crippen LogP contribution in [0, 0.1) is 13.8 Å². The summed E-state index contributed by atoms with van der Waals surface area (Å²) >= 11 is 1.50. The molecule has 20 heavy (non-hydrogen) atoms. The molecule has 0 N–H and O–H groups in total.